The Bertz CT molecular complexity index is 829. The molecule has 0 radical (unpaired) electrons. The summed E-state index contributed by atoms with van der Waals surface area (Å²) in [6.45, 7) is 4.84. The topological polar surface area (TPSA) is 58.1 Å². The summed E-state index contributed by atoms with van der Waals surface area (Å²) in [4.78, 5) is 6.71. The summed E-state index contributed by atoms with van der Waals surface area (Å²) in [7, 11) is 3.42. The minimum absolute atomic E-state index is 0. The number of nitrogens with one attached hydrogen (secondary N) is 2. The van der Waals surface area contributed by atoms with Crippen LogP contribution in [-0.2, 0) is 17.7 Å². The molecule has 1 fully saturated rings. The first-order chi connectivity index (χ1) is 14.2. The summed E-state index contributed by atoms with van der Waals surface area (Å²) in [5.74, 6) is 1.54. The Morgan fingerprint density at radius 3 is 2.60 bits per heavy atom. The fourth-order valence-corrected chi connectivity index (χ4v) is 3.61. The van der Waals surface area contributed by atoms with E-state index in [9.17, 15) is 0 Å². The van der Waals surface area contributed by atoms with Crippen molar-refractivity contribution in [3.63, 3.8) is 0 Å². The predicted molar refractivity (Wildman–Crippen MR) is 135 cm³/mol. The van der Waals surface area contributed by atoms with Gasteiger partial charge in [-0.1, -0.05) is 35.9 Å². The van der Waals surface area contributed by atoms with Crippen molar-refractivity contribution in [2.45, 2.75) is 13.0 Å². The molecule has 0 unspecified atom stereocenters. The van der Waals surface area contributed by atoms with Crippen molar-refractivity contribution in [2.24, 2.45) is 4.99 Å². The third-order valence-corrected chi connectivity index (χ3v) is 5.31. The largest absolute Gasteiger partial charge is 0.497 e. The second-order valence-electron chi connectivity index (χ2n) is 6.79. The molecule has 6 nitrogen and oxygen atoms in total. The van der Waals surface area contributed by atoms with Gasteiger partial charge >= 0.3 is 0 Å². The fourth-order valence-electron chi connectivity index (χ4n) is 3.35. The van der Waals surface area contributed by atoms with Crippen LogP contribution in [0.2, 0.25) is 5.02 Å². The van der Waals surface area contributed by atoms with Crippen LogP contribution in [0.4, 0.5) is 5.69 Å². The standard InChI is InChI=1S/C22H29ClN4O2.HI/c1-24-22(25-10-9-17-7-8-19(28-2)15-20(17)23)26-16-18-5-3-4-6-21(18)27-11-13-29-14-12-27;/h3-8,15H,9-14,16H2,1-2H3,(H2,24,25,26);1H. The minimum Gasteiger partial charge on any atom is -0.497 e. The minimum atomic E-state index is 0. The number of morpholine rings is 1. The number of nitrogens with zero attached hydrogens (tertiary/aromatic N) is 2. The summed E-state index contributed by atoms with van der Waals surface area (Å²) in [5.41, 5.74) is 3.58. The Balaban J connectivity index is 0.00000320. The summed E-state index contributed by atoms with van der Waals surface area (Å²) in [5, 5.41) is 7.49. The first-order valence-electron chi connectivity index (χ1n) is 9.89. The molecule has 3 rings (SSSR count). The monoisotopic (exact) mass is 544 g/mol. The van der Waals surface area contributed by atoms with E-state index in [1.54, 1.807) is 14.2 Å². The van der Waals surface area contributed by atoms with E-state index in [4.69, 9.17) is 21.1 Å². The Morgan fingerprint density at radius 2 is 1.90 bits per heavy atom. The Labute approximate surface area is 201 Å². The molecule has 1 aliphatic rings. The predicted octanol–water partition coefficient (Wildman–Crippen LogP) is 3.71. The van der Waals surface area contributed by atoms with E-state index in [0.717, 1.165) is 56.5 Å². The molecule has 30 heavy (non-hydrogen) atoms. The van der Waals surface area contributed by atoms with Crippen molar-refractivity contribution in [3.8, 4) is 5.75 Å². The molecule has 0 aromatic heterocycles. The van der Waals surface area contributed by atoms with Gasteiger partial charge in [0.15, 0.2) is 5.96 Å². The molecule has 1 saturated heterocycles. The van der Waals surface area contributed by atoms with Crippen LogP contribution in [0.5, 0.6) is 5.75 Å². The molecular weight excluding hydrogens is 515 g/mol. The summed E-state index contributed by atoms with van der Waals surface area (Å²) in [6, 6.07) is 14.2. The molecule has 0 bridgehead atoms. The quantitative estimate of drug-likeness (QED) is 0.316. The van der Waals surface area contributed by atoms with E-state index >= 15 is 0 Å². The van der Waals surface area contributed by atoms with Crippen molar-refractivity contribution in [3.05, 3.63) is 58.6 Å². The van der Waals surface area contributed by atoms with Gasteiger partial charge in [-0.3, -0.25) is 4.99 Å². The van der Waals surface area contributed by atoms with E-state index in [-0.39, 0.29) is 24.0 Å². The van der Waals surface area contributed by atoms with Crippen molar-refractivity contribution in [1.82, 2.24) is 10.6 Å². The molecule has 164 valence electrons. The highest BCUT2D eigenvalue weighted by molar-refractivity contribution is 14.0. The van der Waals surface area contributed by atoms with Crippen LogP contribution in [0.1, 0.15) is 11.1 Å². The molecule has 0 atom stereocenters. The second kappa shape index (κ2) is 12.9. The average molecular weight is 545 g/mol. The first-order valence-corrected chi connectivity index (χ1v) is 10.3. The summed E-state index contributed by atoms with van der Waals surface area (Å²) >= 11 is 6.32. The summed E-state index contributed by atoms with van der Waals surface area (Å²) < 4.78 is 10.7. The zero-order valence-electron chi connectivity index (χ0n) is 17.5. The number of hydrogen-bond acceptors (Lipinski definition) is 4. The molecule has 0 spiro atoms. The molecular formula is C22H30ClIN4O2. The van der Waals surface area contributed by atoms with Crippen molar-refractivity contribution >= 4 is 47.2 Å². The van der Waals surface area contributed by atoms with Crippen LogP contribution in [0, 0.1) is 0 Å². The number of rotatable bonds is 7. The van der Waals surface area contributed by atoms with Crippen LogP contribution < -0.4 is 20.3 Å². The van der Waals surface area contributed by atoms with Gasteiger partial charge in [-0.15, -0.1) is 24.0 Å². The van der Waals surface area contributed by atoms with E-state index in [2.05, 4.69) is 44.8 Å². The highest BCUT2D eigenvalue weighted by Gasteiger charge is 2.14. The number of aliphatic imine (C=N–C) groups is 1. The average Bonchev–Trinajstić information content (AvgIpc) is 2.77. The number of methoxy groups -OCH3 is 1. The van der Waals surface area contributed by atoms with Crippen LogP contribution in [0.3, 0.4) is 0 Å². The molecule has 2 aromatic rings. The van der Waals surface area contributed by atoms with E-state index < -0.39 is 0 Å². The molecule has 0 aliphatic carbocycles. The Kier molecular flexibility index (Phi) is 10.5. The number of ether oxygens (including phenoxy) is 2. The number of para-hydroxylation sites is 1. The normalized spacial score (nSPS) is 14.1. The van der Waals surface area contributed by atoms with Gasteiger partial charge in [0.2, 0.25) is 0 Å². The van der Waals surface area contributed by atoms with Gasteiger partial charge in [-0.05, 0) is 35.7 Å². The van der Waals surface area contributed by atoms with Crippen LogP contribution >= 0.6 is 35.6 Å². The van der Waals surface area contributed by atoms with Gasteiger partial charge in [0.25, 0.3) is 0 Å². The molecule has 2 aromatic carbocycles. The molecule has 0 saturated carbocycles. The Morgan fingerprint density at radius 1 is 1.13 bits per heavy atom. The number of guanidine groups is 1. The lowest BCUT2D eigenvalue weighted by molar-refractivity contribution is 0.122. The van der Waals surface area contributed by atoms with Crippen molar-refractivity contribution in [1.29, 1.82) is 0 Å². The van der Waals surface area contributed by atoms with Crippen LogP contribution in [-0.4, -0.2) is 53.0 Å². The molecule has 1 aliphatic heterocycles. The lowest BCUT2D eigenvalue weighted by atomic mass is 10.1. The maximum absolute atomic E-state index is 6.32. The highest BCUT2D eigenvalue weighted by atomic mass is 127. The Hall–Kier alpha value is -1.71. The second-order valence-corrected chi connectivity index (χ2v) is 7.20. The number of hydrogen-bond donors (Lipinski definition) is 2. The first kappa shape index (κ1) is 24.6. The van der Waals surface area contributed by atoms with Crippen LogP contribution in [0.15, 0.2) is 47.5 Å². The van der Waals surface area contributed by atoms with Crippen molar-refractivity contribution < 1.29 is 9.47 Å². The van der Waals surface area contributed by atoms with Crippen molar-refractivity contribution in [2.75, 3.05) is 51.9 Å². The smallest absolute Gasteiger partial charge is 0.191 e. The lowest BCUT2D eigenvalue weighted by Gasteiger charge is -2.30. The van der Waals surface area contributed by atoms with Gasteiger partial charge in [0.1, 0.15) is 5.75 Å². The fraction of sp³-hybridized carbons (Fsp3) is 0.409. The maximum atomic E-state index is 6.32. The lowest BCUT2D eigenvalue weighted by Crippen LogP contribution is -2.39. The SMILES string of the molecule is CN=C(NCCc1ccc(OC)cc1Cl)NCc1ccccc1N1CCOCC1.I. The molecule has 2 N–H and O–H groups in total. The van der Waals surface area contributed by atoms with Gasteiger partial charge in [-0.2, -0.15) is 0 Å². The van der Waals surface area contributed by atoms with E-state index in [0.29, 0.717) is 11.6 Å². The number of anilines is 1. The molecule has 1 heterocycles. The summed E-state index contributed by atoms with van der Waals surface area (Å²) in [6.07, 6.45) is 0.799. The van der Waals surface area contributed by atoms with Crippen LogP contribution in [0.25, 0.3) is 0 Å². The van der Waals surface area contributed by atoms with Gasteiger partial charge in [0, 0.05) is 43.9 Å². The third-order valence-electron chi connectivity index (χ3n) is 4.96. The van der Waals surface area contributed by atoms with Gasteiger partial charge in [0.05, 0.1) is 20.3 Å². The maximum Gasteiger partial charge on any atom is 0.191 e. The third kappa shape index (κ3) is 6.92. The zero-order chi connectivity index (χ0) is 20.5. The molecule has 8 heteroatoms. The number of halogens is 2. The number of benzene rings is 2. The molecule has 0 amide bonds. The highest BCUT2D eigenvalue weighted by Crippen LogP contribution is 2.23. The zero-order valence-corrected chi connectivity index (χ0v) is 20.6. The van der Waals surface area contributed by atoms with E-state index in [1.807, 2.05) is 18.2 Å². The van der Waals surface area contributed by atoms with Gasteiger partial charge in [-0.25, -0.2) is 0 Å². The van der Waals surface area contributed by atoms with Gasteiger partial charge < -0.3 is 25.0 Å². The van der Waals surface area contributed by atoms with E-state index in [1.165, 1.54) is 11.3 Å².